The normalized spacial score (nSPS) is 16.3. The molecule has 5 nitrogen and oxygen atoms in total. The van der Waals surface area contributed by atoms with Crippen molar-refractivity contribution >= 4 is 11.6 Å². The van der Waals surface area contributed by atoms with E-state index in [0.717, 1.165) is 23.3 Å². The molecule has 3 rings (SSSR count). The summed E-state index contributed by atoms with van der Waals surface area (Å²) in [5.74, 6) is 1.55. The Morgan fingerprint density at radius 1 is 1.16 bits per heavy atom. The first-order valence-corrected chi connectivity index (χ1v) is 8.42. The van der Waals surface area contributed by atoms with Gasteiger partial charge in [0.25, 0.3) is 0 Å². The molecule has 0 saturated carbocycles. The Hall–Kier alpha value is -2.69. The molecule has 2 N–H and O–H groups in total. The largest absolute Gasteiger partial charge is 0.493 e. The Bertz CT molecular complexity index is 771. The average molecular weight is 340 g/mol. The lowest BCUT2D eigenvalue weighted by Crippen LogP contribution is -2.39. The fourth-order valence-electron chi connectivity index (χ4n) is 3.40. The van der Waals surface area contributed by atoms with Crippen LogP contribution in [-0.4, -0.2) is 31.6 Å². The summed E-state index contributed by atoms with van der Waals surface area (Å²) in [7, 11) is 3.26. The molecule has 1 heterocycles. The molecule has 1 aliphatic rings. The lowest BCUT2D eigenvalue weighted by Gasteiger charge is -2.36. The van der Waals surface area contributed by atoms with Gasteiger partial charge in [0.05, 0.1) is 26.7 Å². The van der Waals surface area contributed by atoms with E-state index in [0.29, 0.717) is 24.4 Å². The fourth-order valence-corrected chi connectivity index (χ4v) is 3.40. The molecule has 0 spiro atoms. The summed E-state index contributed by atoms with van der Waals surface area (Å²) < 4.78 is 10.8. The number of ether oxygens (including phenoxy) is 2. The van der Waals surface area contributed by atoms with E-state index in [9.17, 15) is 4.79 Å². The minimum atomic E-state index is 0.00448. The van der Waals surface area contributed by atoms with Crippen LogP contribution in [0.5, 0.6) is 11.5 Å². The van der Waals surface area contributed by atoms with Crippen molar-refractivity contribution in [3.63, 3.8) is 0 Å². The molecular weight excluding hydrogens is 316 g/mol. The van der Waals surface area contributed by atoms with Crippen molar-refractivity contribution in [3.8, 4) is 11.5 Å². The Balaban J connectivity index is 1.81. The highest BCUT2D eigenvalue weighted by Gasteiger charge is 2.29. The van der Waals surface area contributed by atoms with E-state index in [2.05, 4.69) is 6.92 Å². The molecule has 2 aromatic carbocycles. The number of nitrogens with two attached hydrogens (primary N) is 1. The molecule has 0 fully saturated rings. The van der Waals surface area contributed by atoms with Gasteiger partial charge in [-0.05, 0) is 54.3 Å². The highest BCUT2D eigenvalue weighted by atomic mass is 16.5. The molecule has 1 aliphatic heterocycles. The summed E-state index contributed by atoms with van der Waals surface area (Å²) >= 11 is 0. The number of benzene rings is 2. The van der Waals surface area contributed by atoms with Crippen molar-refractivity contribution in [3.05, 3.63) is 53.1 Å². The Kier molecular flexibility index (Phi) is 4.83. The number of carbonyl (C=O) groups excluding carboxylic acids is 1. The fraction of sp³-hybridized carbons (Fsp3) is 0.350. The number of hydrogen-bond acceptors (Lipinski definition) is 4. The van der Waals surface area contributed by atoms with Gasteiger partial charge in [-0.25, -0.2) is 0 Å². The lowest BCUT2D eigenvalue weighted by atomic mass is 9.92. The predicted molar refractivity (Wildman–Crippen MR) is 97.9 cm³/mol. The van der Waals surface area contributed by atoms with Gasteiger partial charge < -0.3 is 20.1 Å². The van der Waals surface area contributed by atoms with Gasteiger partial charge in [0.15, 0.2) is 11.5 Å². The van der Waals surface area contributed by atoms with Crippen molar-refractivity contribution in [1.29, 1.82) is 0 Å². The van der Waals surface area contributed by atoms with Crippen molar-refractivity contribution in [1.82, 2.24) is 4.90 Å². The Morgan fingerprint density at radius 2 is 1.80 bits per heavy atom. The molecule has 1 unspecified atom stereocenters. The molecular formula is C20H24N2O3. The predicted octanol–water partition coefficient (Wildman–Crippen LogP) is 2.97. The van der Waals surface area contributed by atoms with Gasteiger partial charge in [-0.2, -0.15) is 0 Å². The molecule has 0 saturated heterocycles. The van der Waals surface area contributed by atoms with Crippen LogP contribution in [0.1, 0.15) is 29.7 Å². The molecule has 0 aliphatic carbocycles. The van der Waals surface area contributed by atoms with Crippen LogP contribution in [0.15, 0.2) is 36.4 Å². The second kappa shape index (κ2) is 7.05. The minimum Gasteiger partial charge on any atom is -0.493 e. The number of rotatable bonds is 4. The van der Waals surface area contributed by atoms with Crippen LogP contribution in [0.3, 0.4) is 0 Å². The molecule has 2 aromatic rings. The van der Waals surface area contributed by atoms with Gasteiger partial charge in [0.1, 0.15) is 0 Å². The van der Waals surface area contributed by atoms with Crippen LogP contribution in [0, 0.1) is 0 Å². The van der Waals surface area contributed by atoms with E-state index < -0.39 is 0 Å². The molecule has 5 heteroatoms. The van der Waals surface area contributed by atoms with Gasteiger partial charge in [-0.3, -0.25) is 4.79 Å². The van der Waals surface area contributed by atoms with Crippen LogP contribution >= 0.6 is 0 Å². The van der Waals surface area contributed by atoms with Gasteiger partial charge in [0.2, 0.25) is 5.91 Å². The SMILES string of the molecule is COc1cc2c(cc1OC)C(C)N(C(=O)Cc1ccc(N)cc1)CC2. The summed E-state index contributed by atoms with van der Waals surface area (Å²) in [6.07, 6.45) is 1.20. The van der Waals surface area contributed by atoms with Crippen molar-refractivity contribution < 1.29 is 14.3 Å². The van der Waals surface area contributed by atoms with Crippen LogP contribution in [0.2, 0.25) is 0 Å². The molecule has 1 atom stereocenters. The van der Waals surface area contributed by atoms with Crippen LogP contribution < -0.4 is 15.2 Å². The first kappa shape index (κ1) is 17.1. The topological polar surface area (TPSA) is 64.8 Å². The Labute approximate surface area is 148 Å². The zero-order valence-electron chi connectivity index (χ0n) is 14.9. The first-order chi connectivity index (χ1) is 12.0. The lowest BCUT2D eigenvalue weighted by molar-refractivity contribution is -0.133. The zero-order chi connectivity index (χ0) is 18.0. The maximum Gasteiger partial charge on any atom is 0.227 e. The summed E-state index contributed by atoms with van der Waals surface area (Å²) in [6, 6.07) is 11.5. The van der Waals surface area contributed by atoms with E-state index in [1.54, 1.807) is 14.2 Å². The van der Waals surface area contributed by atoms with Gasteiger partial charge >= 0.3 is 0 Å². The number of carbonyl (C=O) groups is 1. The van der Waals surface area contributed by atoms with Crippen LogP contribution in [-0.2, 0) is 17.6 Å². The van der Waals surface area contributed by atoms with Gasteiger partial charge in [0, 0.05) is 12.2 Å². The number of hydrogen-bond donors (Lipinski definition) is 1. The third-order valence-corrected chi connectivity index (χ3v) is 4.84. The number of anilines is 1. The summed E-state index contributed by atoms with van der Waals surface area (Å²) in [6.45, 7) is 2.77. The standard InChI is InChI=1S/C20H24N2O3/c1-13-17-12-19(25-3)18(24-2)11-15(17)8-9-22(13)20(23)10-14-4-6-16(21)7-5-14/h4-7,11-13H,8-10,21H2,1-3H3. The first-order valence-electron chi connectivity index (χ1n) is 8.42. The van der Waals surface area contributed by atoms with Crippen LogP contribution in [0.25, 0.3) is 0 Å². The molecule has 1 amide bonds. The minimum absolute atomic E-state index is 0.00448. The van der Waals surface area contributed by atoms with E-state index >= 15 is 0 Å². The zero-order valence-corrected chi connectivity index (χ0v) is 14.9. The van der Waals surface area contributed by atoms with Crippen molar-refractivity contribution in [2.24, 2.45) is 0 Å². The number of nitrogen functional groups attached to an aromatic ring is 1. The second-order valence-electron chi connectivity index (χ2n) is 6.34. The maximum atomic E-state index is 12.8. The van der Waals surface area contributed by atoms with E-state index in [4.69, 9.17) is 15.2 Å². The summed E-state index contributed by atoms with van der Waals surface area (Å²) in [5.41, 5.74) is 9.72. The van der Waals surface area contributed by atoms with Crippen molar-refractivity contribution in [2.75, 3.05) is 26.5 Å². The van der Waals surface area contributed by atoms with Gasteiger partial charge in [-0.1, -0.05) is 12.1 Å². The molecule has 132 valence electrons. The third kappa shape index (κ3) is 3.40. The number of fused-ring (bicyclic) bond motifs is 1. The molecule has 25 heavy (non-hydrogen) atoms. The quantitative estimate of drug-likeness (QED) is 0.869. The smallest absolute Gasteiger partial charge is 0.227 e. The second-order valence-corrected chi connectivity index (χ2v) is 6.34. The molecule has 0 aromatic heterocycles. The van der Waals surface area contributed by atoms with Crippen LogP contribution in [0.4, 0.5) is 5.69 Å². The third-order valence-electron chi connectivity index (χ3n) is 4.84. The number of methoxy groups -OCH3 is 2. The molecule has 0 radical (unpaired) electrons. The van der Waals surface area contributed by atoms with Crippen molar-refractivity contribution in [2.45, 2.75) is 25.8 Å². The number of amides is 1. The van der Waals surface area contributed by atoms with E-state index in [1.807, 2.05) is 41.3 Å². The van der Waals surface area contributed by atoms with Gasteiger partial charge in [-0.15, -0.1) is 0 Å². The highest BCUT2D eigenvalue weighted by Crippen LogP contribution is 2.38. The van der Waals surface area contributed by atoms with E-state index in [1.165, 1.54) is 5.56 Å². The highest BCUT2D eigenvalue weighted by molar-refractivity contribution is 5.80. The average Bonchev–Trinajstić information content (AvgIpc) is 2.62. The van der Waals surface area contributed by atoms with E-state index in [-0.39, 0.29) is 11.9 Å². The summed E-state index contributed by atoms with van der Waals surface area (Å²) in [5, 5.41) is 0. The molecule has 0 bridgehead atoms. The number of nitrogens with zero attached hydrogens (tertiary/aromatic N) is 1. The summed E-state index contributed by atoms with van der Waals surface area (Å²) in [4.78, 5) is 14.7. The maximum absolute atomic E-state index is 12.8. The monoisotopic (exact) mass is 340 g/mol. The Morgan fingerprint density at radius 3 is 2.44 bits per heavy atom.